The number of aliphatic hydroxyl groups excluding tert-OH is 1. The van der Waals surface area contributed by atoms with Crippen LogP contribution in [0.2, 0.25) is 0 Å². The highest BCUT2D eigenvalue weighted by atomic mass is 16.5. The highest BCUT2D eigenvalue weighted by molar-refractivity contribution is 5.94. The van der Waals surface area contributed by atoms with E-state index in [1.54, 1.807) is 4.90 Å². The van der Waals surface area contributed by atoms with Crippen molar-refractivity contribution in [3.05, 3.63) is 0 Å². The Balaban J connectivity index is 1.65. The van der Waals surface area contributed by atoms with Crippen LogP contribution >= 0.6 is 0 Å². The van der Waals surface area contributed by atoms with Crippen LogP contribution in [-0.4, -0.2) is 85.4 Å². The van der Waals surface area contributed by atoms with Crippen LogP contribution in [-0.2, 0) is 19.1 Å². The number of Topliss-reactive ketones (excluding diaryl/α,β-unsaturated/α-hetero) is 1. The minimum absolute atomic E-state index is 0.0664. The number of ketones is 1. The molecule has 3 atom stereocenters. The fourth-order valence-corrected chi connectivity index (χ4v) is 4.56. The number of nitrogens with one attached hydrogen (secondary N) is 2. The average Bonchev–Trinajstić information content (AvgIpc) is 2.95. The van der Waals surface area contributed by atoms with Crippen molar-refractivity contribution in [1.29, 1.82) is 0 Å². The van der Waals surface area contributed by atoms with Crippen molar-refractivity contribution in [2.45, 2.75) is 69.6 Å². The van der Waals surface area contributed by atoms with E-state index in [2.05, 4.69) is 10.6 Å². The first-order chi connectivity index (χ1) is 14.6. The molecule has 3 aliphatic rings. The van der Waals surface area contributed by atoms with Crippen LogP contribution in [0.5, 0.6) is 0 Å². The number of urea groups is 1. The number of ether oxygens (including phenoxy) is 2. The summed E-state index contributed by atoms with van der Waals surface area (Å²) in [5.41, 5.74) is 0. The summed E-state index contributed by atoms with van der Waals surface area (Å²) in [6.07, 6.45) is 7.13. The van der Waals surface area contributed by atoms with Gasteiger partial charge in [-0.25, -0.2) is 4.79 Å². The van der Waals surface area contributed by atoms with Crippen LogP contribution in [0.15, 0.2) is 0 Å². The van der Waals surface area contributed by atoms with Gasteiger partial charge in [-0.05, 0) is 18.8 Å². The van der Waals surface area contributed by atoms with Gasteiger partial charge in [0, 0.05) is 19.7 Å². The summed E-state index contributed by atoms with van der Waals surface area (Å²) < 4.78 is 10.7. The van der Waals surface area contributed by atoms with E-state index in [-0.39, 0.29) is 37.4 Å². The summed E-state index contributed by atoms with van der Waals surface area (Å²) in [6, 6.07) is -1.75. The molecule has 0 aromatic carbocycles. The van der Waals surface area contributed by atoms with E-state index >= 15 is 0 Å². The van der Waals surface area contributed by atoms with Gasteiger partial charge in [0.05, 0.1) is 19.3 Å². The van der Waals surface area contributed by atoms with Gasteiger partial charge in [0.2, 0.25) is 5.91 Å². The summed E-state index contributed by atoms with van der Waals surface area (Å²) in [7, 11) is 0. The molecule has 3 fully saturated rings. The van der Waals surface area contributed by atoms with Crippen LogP contribution in [0.4, 0.5) is 4.79 Å². The number of carbonyl (C=O) groups is 3. The summed E-state index contributed by atoms with van der Waals surface area (Å²) in [6.45, 7) is 1.79. The predicted molar refractivity (Wildman–Crippen MR) is 109 cm³/mol. The summed E-state index contributed by atoms with van der Waals surface area (Å²) in [5.74, 6) is -0.181. The number of hydrogen-bond acceptors (Lipinski definition) is 6. The molecule has 3 rings (SSSR count). The quantitative estimate of drug-likeness (QED) is 0.514. The van der Waals surface area contributed by atoms with Gasteiger partial charge in [-0.3, -0.25) is 9.59 Å². The first-order valence-corrected chi connectivity index (χ1v) is 11.3. The number of morpholine rings is 1. The molecule has 3 N–H and O–H groups in total. The molecule has 0 bridgehead atoms. The van der Waals surface area contributed by atoms with Gasteiger partial charge in [-0.2, -0.15) is 0 Å². The Kier molecular flexibility index (Phi) is 8.89. The molecule has 0 radical (unpaired) electrons. The second-order valence-electron chi connectivity index (χ2n) is 8.51. The number of amides is 3. The molecule has 2 heterocycles. The van der Waals surface area contributed by atoms with Crippen LogP contribution in [0.3, 0.4) is 0 Å². The molecule has 2 saturated heterocycles. The van der Waals surface area contributed by atoms with Crippen molar-refractivity contribution in [3.63, 3.8) is 0 Å². The Bertz CT molecular complexity index is 587. The molecule has 1 saturated carbocycles. The smallest absolute Gasteiger partial charge is 0.318 e. The number of rotatable bonds is 7. The minimum atomic E-state index is -0.776. The summed E-state index contributed by atoms with van der Waals surface area (Å²) in [4.78, 5) is 39.7. The second-order valence-corrected chi connectivity index (χ2v) is 8.51. The van der Waals surface area contributed by atoms with Crippen molar-refractivity contribution >= 4 is 17.7 Å². The maximum atomic E-state index is 13.1. The van der Waals surface area contributed by atoms with E-state index in [0.29, 0.717) is 38.6 Å². The maximum Gasteiger partial charge on any atom is 0.318 e. The zero-order valence-corrected chi connectivity index (χ0v) is 17.6. The van der Waals surface area contributed by atoms with Gasteiger partial charge in [0.15, 0.2) is 5.78 Å². The topological polar surface area (TPSA) is 117 Å². The van der Waals surface area contributed by atoms with E-state index in [0.717, 1.165) is 25.7 Å². The van der Waals surface area contributed by atoms with Crippen molar-refractivity contribution in [2.75, 3.05) is 39.5 Å². The Morgan fingerprint density at radius 3 is 2.50 bits per heavy atom. The number of hydrogen-bond donors (Lipinski definition) is 3. The second kappa shape index (κ2) is 11.6. The first kappa shape index (κ1) is 23.0. The molecule has 1 aliphatic carbocycles. The standard InChI is InChI=1S/C21H35N3O6/c25-10-7-18-19(17(26)14-30-18)23-20(27)16(13-15-5-3-1-2-4-6-15)22-21(28)24-8-11-29-12-9-24/h15-16,18-19,25H,1-14H2,(H,22,28)(H,23,27)/t16-,18-,19+/m0/s1. The maximum absolute atomic E-state index is 13.1. The zero-order chi connectivity index (χ0) is 21.3. The summed E-state index contributed by atoms with van der Waals surface area (Å²) in [5, 5.41) is 14.9. The lowest BCUT2D eigenvalue weighted by molar-refractivity contribution is -0.128. The molecular weight excluding hydrogens is 390 g/mol. The third kappa shape index (κ3) is 6.39. The Labute approximate surface area is 177 Å². The van der Waals surface area contributed by atoms with Crippen LogP contribution < -0.4 is 10.6 Å². The normalized spacial score (nSPS) is 26.8. The van der Waals surface area contributed by atoms with Crippen molar-refractivity contribution in [3.8, 4) is 0 Å². The van der Waals surface area contributed by atoms with Gasteiger partial charge < -0.3 is 30.1 Å². The highest BCUT2D eigenvalue weighted by Gasteiger charge is 2.38. The van der Waals surface area contributed by atoms with Crippen molar-refractivity contribution in [1.82, 2.24) is 15.5 Å². The van der Waals surface area contributed by atoms with E-state index in [9.17, 15) is 19.5 Å². The molecule has 2 aliphatic heterocycles. The lowest BCUT2D eigenvalue weighted by Gasteiger charge is -2.30. The fourth-order valence-electron chi connectivity index (χ4n) is 4.56. The molecule has 9 heteroatoms. The SMILES string of the molecule is O=C(N[C@@H]1C(=O)CO[C@H]1CCO)[C@H](CC1CCCCCC1)NC(=O)N1CCOCC1. The fraction of sp³-hybridized carbons (Fsp3) is 0.857. The lowest BCUT2D eigenvalue weighted by atomic mass is 9.92. The zero-order valence-electron chi connectivity index (χ0n) is 17.6. The Morgan fingerprint density at radius 2 is 1.83 bits per heavy atom. The monoisotopic (exact) mass is 425 g/mol. The molecule has 0 unspecified atom stereocenters. The number of aliphatic hydroxyl groups is 1. The van der Waals surface area contributed by atoms with Gasteiger partial charge >= 0.3 is 6.03 Å². The number of nitrogens with zero attached hydrogens (tertiary/aromatic N) is 1. The molecule has 0 aromatic heterocycles. The molecule has 30 heavy (non-hydrogen) atoms. The highest BCUT2D eigenvalue weighted by Crippen LogP contribution is 2.27. The van der Waals surface area contributed by atoms with Gasteiger partial charge in [-0.15, -0.1) is 0 Å². The Morgan fingerprint density at radius 1 is 1.13 bits per heavy atom. The van der Waals surface area contributed by atoms with Crippen LogP contribution in [0.1, 0.15) is 51.4 Å². The van der Waals surface area contributed by atoms with E-state index in [4.69, 9.17) is 9.47 Å². The summed E-state index contributed by atoms with van der Waals surface area (Å²) >= 11 is 0. The van der Waals surface area contributed by atoms with E-state index in [1.165, 1.54) is 12.8 Å². The molecule has 3 amide bonds. The molecule has 170 valence electrons. The number of carbonyl (C=O) groups excluding carboxylic acids is 3. The average molecular weight is 426 g/mol. The molecule has 0 aromatic rings. The van der Waals surface area contributed by atoms with E-state index in [1.807, 2.05) is 0 Å². The third-order valence-corrected chi connectivity index (χ3v) is 6.33. The first-order valence-electron chi connectivity index (χ1n) is 11.3. The van der Waals surface area contributed by atoms with Crippen molar-refractivity contribution in [2.24, 2.45) is 5.92 Å². The van der Waals surface area contributed by atoms with Crippen molar-refractivity contribution < 1.29 is 29.0 Å². The van der Waals surface area contributed by atoms with Gasteiger partial charge in [-0.1, -0.05) is 38.5 Å². The molecule has 0 spiro atoms. The molecular formula is C21H35N3O6. The van der Waals surface area contributed by atoms with Gasteiger partial charge in [0.1, 0.15) is 18.7 Å². The molecule has 9 nitrogen and oxygen atoms in total. The lowest BCUT2D eigenvalue weighted by Crippen LogP contribution is -2.57. The van der Waals surface area contributed by atoms with E-state index < -0.39 is 18.2 Å². The largest absolute Gasteiger partial charge is 0.396 e. The van der Waals surface area contributed by atoms with Crippen LogP contribution in [0, 0.1) is 5.92 Å². The predicted octanol–water partition coefficient (Wildman–Crippen LogP) is 0.592. The third-order valence-electron chi connectivity index (χ3n) is 6.33. The Hall–Kier alpha value is -1.71. The minimum Gasteiger partial charge on any atom is -0.396 e. The van der Waals surface area contributed by atoms with Crippen LogP contribution in [0.25, 0.3) is 0 Å². The van der Waals surface area contributed by atoms with Gasteiger partial charge in [0.25, 0.3) is 0 Å².